The second kappa shape index (κ2) is 8.18. The van der Waals surface area contributed by atoms with E-state index >= 15 is 0 Å². The second-order valence-electron chi connectivity index (χ2n) is 6.75. The molecule has 1 saturated heterocycles. The Labute approximate surface area is 157 Å². The number of hydrogen-bond donors (Lipinski definition) is 2. The summed E-state index contributed by atoms with van der Waals surface area (Å²) in [6, 6.07) is 11.9. The van der Waals surface area contributed by atoms with Gasteiger partial charge in [-0.15, -0.1) is 0 Å². The number of hydrogen-bond acceptors (Lipinski definition) is 5. The number of nitro benzene ring substituents is 1. The van der Waals surface area contributed by atoms with Gasteiger partial charge in [0.05, 0.1) is 11.0 Å². The average Bonchev–Trinajstić information content (AvgIpc) is 3.20. The third-order valence-corrected chi connectivity index (χ3v) is 4.80. The van der Waals surface area contributed by atoms with Crippen LogP contribution in [0.3, 0.4) is 0 Å². The highest BCUT2D eigenvalue weighted by molar-refractivity contribution is 5.95. The van der Waals surface area contributed by atoms with Crippen LogP contribution in [0.15, 0.2) is 42.5 Å². The van der Waals surface area contributed by atoms with Crippen molar-refractivity contribution in [1.29, 1.82) is 0 Å². The monoisotopic (exact) mass is 369 g/mol. The summed E-state index contributed by atoms with van der Waals surface area (Å²) in [6.07, 6.45) is 1.50. The van der Waals surface area contributed by atoms with Crippen molar-refractivity contribution in [2.24, 2.45) is 0 Å². The minimum Gasteiger partial charge on any atom is -0.389 e. The molecule has 7 heteroatoms. The van der Waals surface area contributed by atoms with E-state index in [-0.39, 0.29) is 17.2 Å². The highest BCUT2D eigenvalue weighted by Crippen LogP contribution is 2.31. The Hall–Kier alpha value is -2.93. The molecular weight excluding hydrogens is 346 g/mol. The van der Waals surface area contributed by atoms with E-state index < -0.39 is 11.0 Å². The molecule has 2 aromatic rings. The topological polar surface area (TPSA) is 95.7 Å². The van der Waals surface area contributed by atoms with Crippen LogP contribution < -0.4 is 10.2 Å². The van der Waals surface area contributed by atoms with Crippen LogP contribution in [0.25, 0.3) is 0 Å². The summed E-state index contributed by atoms with van der Waals surface area (Å²) >= 11 is 0. The number of rotatable bonds is 6. The van der Waals surface area contributed by atoms with Gasteiger partial charge >= 0.3 is 0 Å². The normalized spacial score (nSPS) is 14.8. The zero-order valence-electron chi connectivity index (χ0n) is 15.2. The highest BCUT2D eigenvalue weighted by Gasteiger charge is 2.23. The lowest BCUT2D eigenvalue weighted by molar-refractivity contribution is -0.384. The van der Waals surface area contributed by atoms with Crippen molar-refractivity contribution in [3.05, 3.63) is 69.3 Å². The van der Waals surface area contributed by atoms with Crippen LogP contribution in [0.5, 0.6) is 0 Å². The van der Waals surface area contributed by atoms with Gasteiger partial charge in [0.25, 0.3) is 11.6 Å². The molecule has 0 saturated carbocycles. The molecule has 27 heavy (non-hydrogen) atoms. The number of carbonyl (C=O) groups is 1. The summed E-state index contributed by atoms with van der Waals surface area (Å²) in [4.78, 5) is 25.4. The van der Waals surface area contributed by atoms with Crippen molar-refractivity contribution >= 4 is 17.3 Å². The van der Waals surface area contributed by atoms with Crippen molar-refractivity contribution in [2.75, 3.05) is 18.0 Å². The molecule has 1 atom stereocenters. The maximum atomic E-state index is 12.4. The molecule has 1 amide bonds. The van der Waals surface area contributed by atoms with E-state index in [2.05, 4.69) is 5.32 Å². The molecule has 0 bridgehead atoms. The van der Waals surface area contributed by atoms with Gasteiger partial charge in [-0.2, -0.15) is 0 Å². The van der Waals surface area contributed by atoms with Gasteiger partial charge in [0.15, 0.2) is 0 Å². The van der Waals surface area contributed by atoms with Crippen molar-refractivity contribution in [3.8, 4) is 0 Å². The first-order chi connectivity index (χ1) is 13.0. The van der Waals surface area contributed by atoms with Crippen LogP contribution in [-0.4, -0.2) is 29.0 Å². The maximum Gasteiger partial charge on any atom is 0.293 e. The molecule has 1 heterocycles. The minimum atomic E-state index is -0.539. The van der Waals surface area contributed by atoms with Gasteiger partial charge in [-0.05, 0) is 43.0 Å². The molecule has 0 aliphatic carbocycles. The van der Waals surface area contributed by atoms with Gasteiger partial charge in [0.1, 0.15) is 5.69 Å². The van der Waals surface area contributed by atoms with Gasteiger partial charge in [0, 0.05) is 31.3 Å². The molecule has 1 aliphatic heterocycles. The Kier molecular flexibility index (Phi) is 5.71. The Morgan fingerprint density at radius 1 is 1.22 bits per heavy atom. The summed E-state index contributed by atoms with van der Waals surface area (Å²) in [7, 11) is 0. The van der Waals surface area contributed by atoms with E-state index in [4.69, 9.17) is 0 Å². The van der Waals surface area contributed by atoms with E-state index in [1.807, 2.05) is 29.2 Å². The average molecular weight is 369 g/mol. The van der Waals surface area contributed by atoms with E-state index in [1.165, 1.54) is 6.07 Å². The first-order valence-corrected chi connectivity index (χ1v) is 9.04. The zero-order chi connectivity index (χ0) is 19.4. The Morgan fingerprint density at radius 2 is 1.89 bits per heavy atom. The second-order valence-corrected chi connectivity index (χ2v) is 6.75. The van der Waals surface area contributed by atoms with Crippen LogP contribution in [0, 0.1) is 10.1 Å². The largest absolute Gasteiger partial charge is 0.389 e. The predicted molar refractivity (Wildman–Crippen MR) is 103 cm³/mol. The standard InChI is InChI=1S/C20H23N3O4/c1-14(24)16-6-4-15(5-7-16)13-21-20(25)17-8-9-18(19(12-17)23(26)27)22-10-2-3-11-22/h4-9,12,14,24H,2-3,10-11,13H2,1H3,(H,21,25). The lowest BCUT2D eigenvalue weighted by atomic mass is 10.1. The van der Waals surface area contributed by atoms with Crippen molar-refractivity contribution < 1.29 is 14.8 Å². The molecule has 3 rings (SSSR count). The van der Waals surface area contributed by atoms with E-state index in [9.17, 15) is 20.0 Å². The van der Waals surface area contributed by atoms with Gasteiger partial charge in [0.2, 0.25) is 0 Å². The maximum absolute atomic E-state index is 12.4. The van der Waals surface area contributed by atoms with E-state index in [0.29, 0.717) is 12.2 Å². The summed E-state index contributed by atoms with van der Waals surface area (Å²) in [5.41, 5.74) is 2.49. The van der Waals surface area contributed by atoms with Crippen molar-refractivity contribution in [3.63, 3.8) is 0 Å². The highest BCUT2D eigenvalue weighted by atomic mass is 16.6. The zero-order valence-corrected chi connectivity index (χ0v) is 15.2. The summed E-state index contributed by atoms with van der Waals surface area (Å²) < 4.78 is 0. The van der Waals surface area contributed by atoms with Crippen LogP contribution in [0.4, 0.5) is 11.4 Å². The lowest BCUT2D eigenvalue weighted by Crippen LogP contribution is -2.24. The van der Waals surface area contributed by atoms with E-state index in [0.717, 1.165) is 37.1 Å². The number of aliphatic hydroxyl groups is 1. The molecule has 0 spiro atoms. The van der Waals surface area contributed by atoms with Crippen molar-refractivity contribution in [2.45, 2.75) is 32.4 Å². The molecule has 0 aromatic heterocycles. The lowest BCUT2D eigenvalue weighted by Gasteiger charge is -2.17. The van der Waals surface area contributed by atoms with Gasteiger partial charge in [-0.1, -0.05) is 24.3 Å². The number of nitrogens with zero attached hydrogens (tertiary/aromatic N) is 2. The molecule has 142 valence electrons. The summed E-state index contributed by atoms with van der Waals surface area (Å²) in [6.45, 7) is 3.60. The minimum absolute atomic E-state index is 0.0363. The molecule has 2 N–H and O–H groups in total. The number of nitro groups is 1. The van der Waals surface area contributed by atoms with Gasteiger partial charge < -0.3 is 15.3 Å². The van der Waals surface area contributed by atoms with Crippen LogP contribution in [0.1, 0.15) is 47.4 Å². The smallest absolute Gasteiger partial charge is 0.293 e. The predicted octanol–water partition coefficient (Wildman–Crippen LogP) is 3.18. The Morgan fingerprint density at radius 3 is 2.48 bits per heavy atom. The first kappa shape index (κ1) is 18.8. The Bertz CT molecular complexity index is 828. The fraction of sp³-hybridized carbons (Fsp3) is 0.350. The molecule has 1 aliphatic rings. The third kappa shape index (κ3) is 4.43. The number of anilines is 1. The molecule has 0 radical (unpaired) electrons. The molecule has 1 fully saturated rings. The molecular formula is C20H23N3O4. The van der Waals surface area contributed by atoms with Gasteiger partial charge in [-0.25, -0.2) is 0 Å². The summed E-state index contributed by atoms with van der Waals surface area (Å²) in [5.74, 6) is -0.356. The fourth-order valence-electron chi connectivity index (χ4n) is 3.23. The fourth-order valence-corrected chi connectivity index (χ4v) is 3.23. The molecule has 1 unspecified atom stereocenters. The molecule has 7 nitrogen and oxygen atoms in total. The SMILES string of the molecule is CC(O)c1ccc(CNC(=O)c2ccc(N3CCCC3)c([N+](=O)[O-])c2)cc1. The first-order valence-electron chi connectivity index (χ1n) is 9.04. The molecule has 2 aromatic carbocycles. The third-order valence-electron chi connectivity index (χ3n) is 4.80. The number of benzene rings is 2. The number of aliphatic hydroxyl groups excluding tert-OH is 1. The van der Waals surface area contributed by atoms with E-state index in [1.54, 1.807) is 19.1 Å². The van der Waals surface area contributed by atoms with Crippen molar-refractivity contribution in [1.82, 2.24) is 5.32 Å². The van der Waals surface area contributed by atoms with Gasteiger partial charge in [-0.3, -0.25) is 14.9 Å². The Balaban J connectivity index is 1.70. The quantitative estimate of drug-likeness (QED) is 0.602. The van der Waals surface area contributed by atoms with Crippen LogP contribution >= 0.6 is 0 Å². The van der Waals surface area contributed by atoms with Crippen LogP contribution in [-0.2, 0) is 6.54 Å². The van der Waals surface area contributed by atoms with Crippen LogP contribution in [0.2, 0.25) is 0 Å². The number of carbonyl (C=O) groups excluding carboxylic acids is 1. The summed E-state index contributed by atoms with van der Waals surface area (Å²) in [5, 5.41) is 23.8. The number of amides is 1. The number of nitrogens with one attached hydrogen (secondary N) is 1.